The van der Waals surface area contributed by atoms with E-state index in [4.69, 9.17) is 9.26 Å². The second-order valence-corrected chi connectivity index (χ2v) is 7.53. The maximum Gasteiger partial charge on any atom is 0.339 e. The van der Waals surface area contributed by atoms with Crippen LogP contribution in [0, 0.1) is 13.8 Å². The Kier molecular flexibility index (Phi) is 5.98. The molecule has 1 N–H and O–H groups in total. The van der Waals surface area contributed by atoms with Crippen molar-refractivity contribution in [2.45, 2.75) is 33.3 Å². The molecule has 4 rings (SSSR count). The van der Waals surface area contributed by atoms with Crippen LogP contribution >= 0.6 is 0 Å². The summed E-state index contributed by atoms with van der Waals surface area (Å²) in [5.41, 5.74) is 4.16. The lowest BCUT2D eigenvalue weighted by Gasteiger charge is -2.16. The molecule has 2 aromatic carbocycles. The van der Waals surface area contributed by atoms with E-state index in [9.17, 15) is 9.59 Å². The lowest BCUT2D eigenvalue weighted by Crippen LogP contribution is -2.32. The van der Waals surface area contributed by atoms with Gasteiger partial charge in [-0.2, -0.15) is 0 Å². The minimum absolute atomic E-state index is 0.245. The lowest BCUT2D eigenvalue weighted by atomic mass is 10.0. The standard InChI is InChI=1S/C25H23N3O4/c1-4-21(23(29)26-18-8-6-5-7-9-18)31-25(30)19-14-20(17-12-10-15(2)11-13-17)27-24-22(19)16(3)28-32-24/h5-14,21H,4H2,1-3H3,(H,26,29). The van der Waals surface area contributed by atoms with E-state index in [1.807, 2.05) is 49.4 Å². The number of hydrogen-bond donors (Lipinski definition) is 1. The Morgan fingerprint density at radius 1 is 1.06 bits per heavy atom. The van der Waals surface area contributed by atoms with E-state index in [0.717, 1.165) is 11.1 Å². The Labute approximate surface area is 185 Å². The number of nitrogens with one attached hydrogen (secondary N) is 1. The van der Waals surface area contributed by atoms with Crippen molar-refractivity contribution in [2.75, 3.05) is 5.32 Å². The van der Waals surface area contributed by atoms with Gasteiger partial charge in [0.05, 0.1) is 22.3 Å². The number of anilines is 1. The third kappa shape index (κ3) is 4.37. The first-order valence-electron chi connectivity index (χ1n) is 10.4. The van der Waals surface area contributed by atoms with E-state index in [1.54, 1.807) is 32.0 Å². The number of para-hydroxylation sites is 1. The van der Waals surface area contributed by atoms with Crippen molar-refractivity contribution in [3.05, 3.63) is 77.5 Å². The highest BCUT2D eigenvalue weighted by Gasteiger charge is 2.26. The molecule has 1 atom stereocenters. The maximum absolute atomic E-state index is 13.2. The lowest BCUT2D eigenvalue weighted by molar-refractivity contribution is -0.124. The number of amides is 1. The van der Waals surface area contributed by atoms with E-state index in [-0.39, 0.29) is 11.3 Å². The number of rotatable bonds is 6. The Balaban J connectivity index is 1.65. The molecule has 7 nitrogen and oxygen atoms in total. The van der Waals surface area contributed by atoms with Gasteiger partial charge in [-0.05, 0) is 38.5 Å². The Bertz CT molecular complexity index is 1260. The van der Waals surface area contributed by atoms with E-state index < -0.39 is 18.0 Å². The molecule has 162 valence electrons. The van der Waals surface area contributed by atoms with Crippen LogP contribution < -0.4 is 5.32 Å². The molecule has 0 fully saturated rings. The summed E-state index contributed by atoms with van der Waals surface area (Å²) in [5, 5.41) is 7.21. The van der Waals surface area contributed by atoms with E-state index in [1.165, 1.54) is 0 Å². The number of fused-ring (bicyclic) bond motifs is 1. The summed E-state index contributed by atoms with van der Waals surface area (Å²) in [7, 11) is 0. The number of carbonyl (C=O) groups excluding carboxylic acids is 2. The fourth-order valence-corrected chi connectivity index (χ4v) is 3.39. The number of hydrogen-bond acceptors (Lipinski definition) is 6. The number of pyridine rings is 1. The highest BCUT2D eigenvalue weighted by atomic mass is 16.5. The molecule has 1 amide bonds. The normalized spacial score (nSPS) is 11.8. The van der Waals surface area contributed by atoms with Crippen LogP contribution in [0.2, 0.25) is 0 Å². The van der Waals surface area contributed by atoms with Crippen LogP contribution in [0.5, 0.6) is 0 Å². The van der Waals surface area contributed by atoms with Crippen molar-refractivity contribution in [2.24, 2.45) is 0 Å². The SMILES string of the molecule is CCC(OC(=O)c1cc(-c2ccc(C)cc2)nc2onc(C)c12)C(=O)Nc1ccccc1. The number of ether oxygens (including phenoxy) is 1. The molecule has 2 heterocycles. The van der Waals surface area contributed by atoms with Gasteiger partial charge in [-0.3, -0.25) is 4.79 Å². The fourth-order valence-electron chi connectivity index (χ4n) is 3.39. The van der Waals surface area contributed by atoms with Gasteiger partial charge >= 0.3 is 5.97 Å². The van der Waals surface area contributed by atoms with Crippen molar-refractivity contribution in [1.82, 2.24) is 10.1 Å². The van der Waals surface area contributed by atoms with Gasteiger partial charge in [0.2, 0.25) is 0 Å². The molecule has 0 saturated carbocycles. The molecule has 7 heteroatoms. The molecule has 0 bridgehead atoms. The number of nitrogens with zero attached hydrogens (tertiary/aromatic N) is 2. The molecule has 2 aromatic heterocycles. The number of aryl methyl sites for hydroxylation is 2. The zero-order valence-corrected chi connectivity index (χ0v) is 18.1. The van der Waals surface area contributed by atoms with E-state index in [2.05, 4.69) is 15.5 Å². The number of aromatic nitrogens is 2. The van der Waals surface area contributed by atoms with Gasteiger partial charge in [0, 0.05) is 11.3 Å². The molecule has 0 spiro atoms. The van der Waals surface area contributed by atoms with Crippen molar-refractivity contribution in [1.29, 1.82) is 0 Å². The summed E-state index contributed by atoms with van der Waals surface area (Å²) in [6, 6.07) is 18.5. The summed E-state index contributed by atoms with van der Waals surface area (Å²) in [6.07, 6.45) is -0.625. The van der Waals surface area contributed by atoms with Crippen LogP contribution in [0.15, 0.2) is 65.2 Å². The Hall–Kier alpha value is -4.00. The summed E-state index contributed by atoms with van der Waals surface area (Å²) in [4.78, 5) is 30.4. The minimum Gasteiger partial charge on any atom is -0.449 e. The summed E-state index contributed by atoms with van der Waals surface area (Å²) >= 11 is 0. The third-order valence-electron chi connectivity index (χ3n) is 5.14. The average Bonchev–Trinajstić information content (AvgIpc) is 3.18. The molecule has 4 aromatic rings. The Morgan fingerprint density at radius 3 is 2.47 bits per heavy atom. The fraction of sp³-hybridized carbons (Fsp3) is 0.200. The monoisotopic (exact) mass is 429 g/mol. The largest absolute Gasteiger partial charge is 0.449 e. The number of esters is 1. The smallest absolute Gasteiger partial charge is 0.339 e. The topological polar surface area (TPSA) is 94.3 Å². The third-order valence-corrected chi connectivity index (χ3v) is 5.14. The van der Waals surface area contributed by atoms with Gasteiger partial charge in [-0.1, -0.05) is 60.1 Å². The summed E-state index contributed by atoms with van der Waals surface area (Å²) in [6.45, 7) is 5.51. The molecule has 1 unspecified atom stereocenters. The first-order valence-corrected chi connectivity index (χ1v) is 10.4. The van der Waals surface area contributed by atoms with Gasteiger partial charge in [0.15, 0.2) is 6.10 Å². The molecule has 0 saturated heterocycles. The van der Waals surface area contributed by atoms with Crippen molar-refractivity contribution in [3.63, 3.8) is 0 Å². The highest BCUT2D eigenvalue weighted by Crippen LogP contribution is 2.28. The minimum atomic E-state index is -0.950. The van der Waals surface area contributed by atoms with Crippen LogP contribution in [0.1, 0.15) is 35.0 Å². The molecule has 0 aliphatic carbocycles. The van der Waals surface area contributed by atoms with Crippen molar-refractivity contribution >= 4 is 28.7 Å². The molecular formula is C25H23N3O4. The zero-order valence-electron chi connectivity index (χ0n) is 18.1. The van der Waals surface area contributed by atoms with Crippen LogP contribution in [-0.4, -0.2) is 28.1 Å². The maximum atomic E-state index is 13.2. The highest BCUT2D eigenvalue weighted by molar-refractivity contribution is 6.05. The molecule has 0 aliphatic heterocycles. The van der Waals surface area contributed by atoms with E-state index in [0.29, 0.717) is 28.9 Å². The van der Waals surface area contributed by atoms with Crippen LogP contribution in [0.25, 0.3) is 22.4 Å². The van der Waals surface area contributed by atoms with E-state index >= 15 is 0 Å². The zero-order chi connectivity index (χ0) is 22.7. The quantitative estimate of drug-likeness (QED) is 0.430. The summed E-state index contributed by atoms with van der Waals surface area (Å²) in [5.74, 6) is -1.02. The first kappa shape index (κ1) is 21.2. The van der Waals surface area contributed by atoms with Gasteiger partial charge in [-0.15, -0.1) is 0 Å². The number of benzene rings is 2. The van der Waals surface area contributed by atoms with Gasteiger partial charge in [0.25, 0.3) is 11.6 Å². The van der Waals surface area contributed by atoms with Crippen LogP contribution in [0.3, 0.4) is 0 Å². The predicted molar refractivity (Wildman–Crippen MR) is 121 cm³/mol. The molecule has 32 heavy (non-hydrogen) atoms. The van der Waals surface area contributed by atoms with Crippen molar-refractivity contribution < 1.29 is 18.8 Å². The van der Waals surface area contributed by atoms with Gasteiger partial charge in [-0.25, -0.2) is 9.78 Å². The molecule has 0 aliphatic rings. The summed E-state index contributed by atoms with van der Waals surface area (Å²) < 4.78 is 10.9. The van der Waals surface area contributed by atoms with Crippen molar-refractivity contribution in [3.8, 4) is 11.3 Å². The number of carbonyl (C=O) groups is 2. The molecular weight excluding hydrogens is 406 g/mol. The van der Waals surface area contributed by atoms with Gasteiger partial charge < -0.3 is 14.6 Å². The van der Waals surface area contributed by atoms with Gasteiger partial charge in [0.1, 0.15) is 0 Å². The predicted octanol–water partition coefficient (Wildman–Crippen LogP) is 5.08. The Morgan fingerprint density at radius 2 is 1.78 bits per heavy atom. The average molecular weight is 429 g/mol. The first-order chi connectivity index (χ1) is 15.5. The van der Waals surface area contributed by atoms with Crippen LogP contribution in [-0.2, 0) is 9.53 Å². The van der Waals surface area contributed by atoms with Crippen LogP contribution in [0.4, 0.5) is 5.69 Å². The second kappa shape index (κ2) is 9.01. The molecule has 0 radical (unpaired) electrons. The second-order valence-electron chi connectivity index (χ2n) is 7.53.